The summed E-state index contributed by atoms with van der Waals surface area (Å²) in [5.41, 5.74) is 7.11. The Morgan fingerprint density at radius 2 is 2.00 bits per heavy atom. The lowest BCUT2D eigenvalue weighted by Gasteiger charge is -2.13. The molecule has 0 aliphatic rings. The molecule has 0 radical (unpaired) electrons. The van der Waals surface area contributed by atoms with Gasteiger partial charge in [0.1, 0.15) is 6.54 Å². The van der Waals surface area contributed by atoms with E-state index in [4.69, 9.17) is 5.73 Å². The molecule has 7 heteroatoms. The van der Waals surface area contributed by atoms with Crippen molar-refractivity contribution in [3.8, 4) is 0 Å². The third kappa shape index (κ3) is 2.99. The van der Waals surface area contributed by atoms with Crippen LogP contribution < -0.4 is 10.5 Å². The average Bonchev–Trinajstić information content (AvgIpc) is 2.31. The summed E-state index contributed by atoms with van der Waals surface area (Å²) in [6.07, 6.45) is 0. The number of anilines is 1. The smallest absolute Gasteiger partial charge is 0.320 e. The lowest BCUT2D eigenvalue weighted by atomic mass is 10.1. The van der Waals surface area contributed by atoms with E-state index >= 15 is 0 Å². The summed E-state index contributed by atoms with van der Waals surface area (Å²) < 4.78 is 30.7. The van der Waals surface area contributed by atoms with E-state index in [1.54, 1.807) is 26.0 Å². The van der Waals surface area contributed by atoms with Crippen molar-refractivity contribution in [3.05, 3.63) is 23.3 Å². The van der Waals surface area contributed by atoms with Gasteiger partial charge in [0.15, 0.2) is 0 Å². The van der Waals surface area contributed by atoms with E-state index in [0.717, 1.165) is 0 Å². The molecule has 1 aromatic rings. The SMILES string of the molecule is COC(=O)CNS(=O)(=O)c1c(C)ccc(N)c1C. The first-order valence-corrected chi connectivity index (χ1v) is 6.70. The third-order valence-corrected chi connectivity index (χ3v) is 4.24. The van der Waals surface area contributed by atoms with Crippen LogP contribution in [0, 0.1) is 13.8 Å². The van der Waals surface area contributed by atoms with Crippen molar-refractivity contribution >= 4 is 21.7 Å². The van der Waals surface area contributed by atoms with Crippen LogP contribution in [-0.2, 0) is 19.6 Å². The molecule has 0 fully saturated rings. The summed E-state index contributed by atoms with van der Waals surface area (Å²) in [4.78, 5) is 11.1. The number of carbonyl (C=O) groups excluding carboxylic acids is 1. The monoisotopic (exact) mass is 272 g/mol. The van der Waals surface area contributed by atoms with Crippen molar-refractivity contribution < 1.29 is 17.9 Å². The summed E-state index contributed by atoms with van der Waals surface area (Å²) in [5.74, 6) is -0.655. The van der Waals surface area contributed by atoms with Crippen LogP contribution >= 0.6 is 0 Å². The summed E-state index contributed by atoms with van der Waals surface area (Å²) in [7, 11) is -2.59. The maximum atomic E-state index is 12.1. The largest absolute Gasteiger partial charge is 0.468 e. The molecule has 0 aliphatic heterocycles. The summed E-state index contributed by atoms with van der Waals surface area (Å²) in [6.45, 7) is 2.88. The third-order valence-electron chi connectivity index (χ3n) is 2.55. The molecule has 0 saturated heterocycles. The van der Waals surface area contributed by atoms with E-state index < -0.39 is 22.5 Å². The lowest BCUT2D eigenvalue weighted by molar-refractivity contribution is -0.139. The molecule has 0 amide bonds. The molecule has 0 atom stereocenters. The molecule has 0 spiro atoms. The molecule has 0 bridgehead atoms. The molecule has 3 N–H and O–H groups in total. The number of methoxy groups -OCH3 is 1. The molecular formula is C11H16N2O4S. The number of nitrogen functional groups attached to an aromatic ring is 1. The number of aryl methyl sites for hydroxylation is 1. The van der Waals surface area contributed by atoms with Gasteiger partial charge in [0.25, 0.3) is 0 Å². The Morgan fingerprint density at radius 1 is 1.39 bits per heavy atom. The fourth-order valence-corrected chi connectivity index (χ4v) is 3.02. The minimum absolute atomic E-state index is 0.103. The minimum atomic E-state index is -3.78. The number of nitrogens with one attached hydrogen (secondary N) is 1. The van der Waals surface area contributed by atoms with E-state index in [2.05, 4.69) is 9.46 Å². The number of esters is 1. The van der Waals surface area contributed by atoms with Crippen LogP contribution in [0.2, 0.25) is 0 Å². The van der Waals surface area contributed by atoms with Crippen molar-refractivity contribution in [2.24, 2.45) is 0 Å². The number of nitrogens with two attached hydrogens (primary N) is 1. The molecular weight excluding hydrogens is 256 g/mol. The van der Waals surface area contributed by atoms with Gasteiger partial charge in [0.05, 0.1) is 12.0 Å². The van der Waals surface area contributed by atoms with Crippen LogP contribution in [0.4, 0.5) is 5.69 Å². The topological polar surface area (TPSA) is 98.5 Å². The zero-order valence-electron chi connectivity index (χ0n) is 10.5. The van der Waals surface area contributed by atoms with Crippen LogP contribution in [-0.4, -0.2) is 28.0 Å². The van der Waals surface area contributed by atoms with Gasteiger partial charge in [0, 0.05) is 5.69 Å². The van der Waals surface area contributed by atoms with Crippen molar-refractivity contribution in [2.45, 2.75) is 18.7 Å². The van der Waals surface area contributed by atoms with Crippen molar-refractivity contribution in [1.82, 2.24) is 4.72 Å². The predicted octanol–water partition coefficient (Wildman–Crippen LogP) is 0.337. The first-order chi connectivity index (χ1) is 8.29. The van der Waals surface area contributed by atoms with Gasteiger partial charge in [-0.2, -0.15) is 4.72 Å². The van der Waals surface area contributed by atoms with Crippen molar-refractivity contribution in [3.63, 3.8) is 0 Å². The Labute approximate surface area is 106 Å². The second-order valence-electron chi connectivity index (χ2n) is 3.83. The maximum Gasteiger partial charge on any atom is 0.320 e. The quantitative estimate of drug-likeness (QED) is 0.608. The average molecular weight is 272 g/mol. The zero-order valence-corrected chi connectivity index (χ0v) is 11.3. The van der Waals surface area contributed by atoms with E-state index in [-0.39, 0.29) is 4.90 Å². The fourth-order valence-electron chi connectivity index (χ4n) is 1.55. The Kier molecular flexibility index (Phi) is 4.31. The number of hydrogen-bond donors (Lipinski definition) is 2. The highest BCUT2D eigenvalue weighted by molar-refractivity contribution is 7.89. The van der Waals surface area contributed by atoms with Gasteiger partial charge in [-0.3, -0.25) is 4.79 Å². The molecule has 1 aromatic carbocycles. The number of rotatable bonds is 4. The second kappa shape index (κ2) is 5.36. The standard InChI is InChI=1S/C11H16N2O4S/c1-7-4-5-9(12)8(2)11(7)18(15,16)13-6-10(14)17-3/h4-5,13H,6,12H2,1-3H3. The fraction of sp³-hybridized carbons (Fsp3) is 0.364. The van der Waals surface area contributed by atoms with Gasteiger partial charge in [-0.25, -0.2) is 8.42 Å². The van der Waals surface area contributed by atoms with Gasteiger partial charge in [-0.15, -0.1) is 0 Å². The molecule has 0 aromatic heterocycles. The number of ether oxygens (including phenoxy) is 1. The summed E-state index contributed by atoms with van der Waals surface area (Å²) in [6, 6.07) is 3.26. The number of benzene rings is 1. The number of sulfonamides is 1. The van der Waals surface area contributed by atoms with Gasteiger partial charge in [0.2, 0.25) is 10.0 Å². The summed E-state index contributed by atoms with van der Waals surface area (Å²) in [5, 5.41) is 0. The first-order valence-electron chi connectivity index (χ1n) is 5.21. The highest BCUT2D eigenvalue weighted by Crippen LogP contribution is 2.24. The molecule has 0 aliphatic carbocycles. The van der Waals surface area contributed by atoms with Crippen molar-refractivity contribution in [1.29, 1.82) is 0 Å². The Hall–Kier alpha value is -1.60. The lowest BCUT2D eigenvalue weighted by Crippen LogP contribution is -2.31. The molecule has 6 nitrogen and oxygen atoms in total. The minimum Gasteiger partial charge on any atom is -0.468 e. The predicted molar refractivity (Wildman–Crippen MR) is 67.5 cm³/mol. The van der Waals surface area contributed by atoms with Gasteiger partial charge < -0.3 is 10.5 Å². The van der Waals surface area contributed by atoms with E-state index in [1.165, 1.54) is 7.11 Å². The number of hydrogen-bond acceptors (Lipinski definition) is 5. The van der Waals surface area contributed by atoms with Crippen molar-refractivity contribution in [2.75, 3.05) is 19.4 Å². The van der Waals surface area contributed by atoms with E-state index in [0.29, 0.717) is 16.8 Å². The van der Waals surface area contributed by atoms with Gasteiger partial charge in [-0.1, -0.05) is 6.07 Å². The molecule has 0 unspecified atom stereocenters. The molecule has 100 valence electrons. The maximum absolute atomic E-state index is 12.1. The molecule has 18 heavy (non-hydrogen) atoms. The number of carbonyl (C=O) groups is 1. The van der Waals surface area contributed by atoms with Crippen LogP contribution in [0.3, 0.4) is 0 Å². The second-order valence-corrected chi connectivity index (χ2v) is 5.53. The summed E-state index contributed by atoms with van der Waals surface area (Å²) >= 11 is 0. The van der Waals surface area contributed by atoms with Gasteiger partial charge >= 0.3 is 5.97 Å². The van der Waals surface area contributed by atoms with Crippen LogP contribution in [0.25, 0.3) is 0 Å². The molecule has 0 heterocycles. The molecule has 0 saturated carbocycles. The van der Waals surface area contributed by atoms with E-state index in [9.17, 15) is 13.2 Å². The Bertz CT molecular complexity index is 567. The van der Waals surface area contributed by atoms with Gasteiger partial charge in [-0.05, 0) is 31.0 Å². The van der Waals surface area contributed by atoms with Crippen LogP contribution in [0.1, 0.15) is 11.1 Å². The van der Waals surface area contributed by atoms with Crippen LogP contribution in [0.15, 0.2) is 17.0 Å². The highest BCUT2D eigenvalue weighted by Gasteiger charge is 2.21. The first kappa shape index (κ1) is 14.5. The Morgan fingerprint density at radius 3 is 2.56 bits per heavy atom. The highest BCUT2D eigenvalue weighted by atomic mass is 32.2. The zero-order chi connectivity index (χ0) is 13.9. The molecule has 1 rings (SSSR count). The Balaban J connectivity index is 3.13. The normalized spacial score (nSPS) is 11.3. The van der Waals surface area contributed by atoms with Crippen LogP contribution in [0.5, 0.6) is 0 Å². The van der Waals surface area contributed by atoms with E-state index in [1.807, 2.05) is 0 Å².